The van der Waals surface area contributed by atoms with Crippen molar-refractivity contribution >= 4 is 12.4 Å². The second-order valence-corrected chi connectivity index (χ2v) is 3.08. The molecule has 2 rings (SSSR count). The van der Waals surface area contributed by atoms with Gasteiger partial charge in [0.2, 0.25) is 0 Å². The summed E-state index contributed by atoms with van der Waals surface area (Å²) in [6.07, 6.45) is 1.72. The van der Waals surface area contributed by atoms with Gasteiger partial charge in [0.1, 0.15) is 5.82 Å². The predicted molar refractivity (Wildman–Crippen MR) is 49.0 cm³/mol. The van der Waals surface area contributed by atoms with E-state index in [1.165, 1.54) is 11.6 Å². The van der Waals surface area contributed by atoms with Gasteiger partial charge in [-0.3, -0.25) is 0 Å². The van der Waals surface area contributed by atoms with Gasteiger partial charge in [-0.05, 0) is 36.1 Å². The van der Waals surface area contributed by atoms with Crippen LogP contribution in [-0.2, 0) is 12.8 Å². The molecular weight excluding hydrogens is 177 g/mol. The normalized spacial score (nSPS) is 20.0. The third kappa shape index (κ3) is 1.59. The van der Waals surface area contributed by atoms with Crippen LogP contribution in [0.3, 0.4) is 0 Å². The van der Waals surface area contributed by atoms with Crippen molar-refractivity contribution in [2.75, 3.05) is 0 Å². The molecule has 3 heteroatoms. The van der Waals surface area contributed by atoms with Gasteiger partial charge in [-0.2, -0.15) is 0 Å². The SMILES string of the molecule is Cl.N[C@H]1Cc2ccc(F)cc2C1. The lowest BCUT2D eigenvalue weighted by atomic mass is 10.1. The van der Waals surface area contributed by atoms with Crippen LogP contribution in [0.5, 0.6) is 0 Å². The Labute approximate surface area is 77.2 Å². The van der Waals surface area contributed by atoms with Gasteiger partial charge in [-0.1, -0.05) is 6.07 Å². The Bertz CT molecular complexity index is 288. The number of halogens is 2. The zero-order valence-electron chi connectivity index (χ0n) is 6.59. The van der Waals surface area contributed by atoms with E-state index in [-0.39, 0.29) is 24.3 Å². The van der Waals surface area contributed by atoms with Gasteiger partial charge in [0.05, 0.1) is 0 Å². The zero-order valence-corrected chi connectivity index (χ0v) is 7.40. The van der Waals surface area contributed by atoms with Crippen molar-refractivity contribution in [2.24, 2.45) is 5.73 Å². The molecule has 0 spiro atoms. The summed E-state index contributed by atoms with van der Waals surface area (Å²) in [4.78, 5) is 0. The third-order valence-corrected chi connectivity index (χ3v) is 2.13. The number of benzene rings is 1. The highest BCUT2D eigenvalue weighted by Crippen LogP contribution is 2.21. The first-order valence-corrected chi connectivity index (χ1v) is 3.78. The summed E-state index contributed by atoms with van der Waals surface area (Å²) in [5, 5.41) is 0. The van der Waals surface area contributed by atoms with Crippen molar-refractivity contribution in [3.8, 4) is 0 Å². The first kappa shape index (κ1) is 9.49. The molecule has 0 bridgehead atoms. The van der Waals surface area contributed by atoms with Crippen LogP contribution in [0, 0.1) is 5.82 Å². The highest BCUT2D eigenvalue weighted by molar-refractivity contribution is 5.85. The lowest BCUT2D eigenvalue weighted by molar-refractivity contribution is 0.625. The molecule has 12 heavy (non-hydrogen) atoms. The molecule has 0 aliphatic heterocycles. The fourth-order valence-electron chi connectivity index (χ4n) is 1.62. The Kier molecular flexibility index (Phi) is 2.70. The molecular formula is C9H11ClFN. The van der Waals surface area contributed by atoms with Crippen LogP contribution in [0.2, 0.25) is 0 Å². The molecule has 0 unspecified atom stereocenters. The molecule has 66 valence electrons. The quantitative estimate of drug-likeness (QED) is 0.657. The molecule has 1 nitrogen and oxygen atoms in total. The smallest absolute Gasteiger partial charge is 0.123 e. The van der Waals surface area contributed by atoms with Gasteiger partial charge >= 0.3 is 0 Å². The fourth-order valence-corrected chi connectivity index (χ4v) is 1.62. The summed E-state index contributed by atoms with van der Waals surface area (Å²) < 4.78 is 12.6. The highest BCUT2D eigenvalue weighted by Gasteiger charge is 2.17. The largest absolute Gasteiger partial charge is 0.327 e. The lowest BCUT2D eigenvalue weighted by Gasteiger charge is -1.95. The number of nitrogens with two attached hydrogens (primary N) is 1. The van der Waals surface area contributed by atoms with E-state index in [9.17, 15) is 4.39 Å². The molecule has 1 aliphatic carbocycles. The van der Waals surface area contributed by atoms with E-state index in [2.05, 4.69) is 0 Å². The average molecular weight is 188 g/mol. The average Bonchev–Trinajstić information content (AvgIpc) is 2.27. The van der Waals surface area contributed by atoms with E-state index < -0.39 is 0 Å². The van der Waals surface area contributed by atoms with E-state index in [0.29, 0.717) is 0 Å². The van der Waals surface area contributed by atoms with E-state index in [1.807, 2.05) is 6.07 Å². The predicted octanol–water partition coefficient (Wildman–Crippen LogP) is 1.67. The van der Waals surface area contributed by atoms with Crippen LogP contribution < -0.4 is 5.73 Å². The van der Waals surface area contributed by atoms with Crippen molar-refractivity contribution in [1.29, 1.82) is 0 Å². The van der Waals surface area contributed by atoms with Crippen molar-refractivity contribution in [3.63, 3.8) is 0 Å². The Morgan fingerprint density at radius 2 is 1.92 bits per heavy atom. The number of hydrogen-bond acceptors (Lipinski definition) is 1. The Morgan fingerprint density at radius 1 is 1.25 bits per heavy atom. The maximum absolute atomic E-state index is 12.6. The molecule has 0 aromatic heterocycles. The van der Waals surface area contributed by atoms with Gasteiger partial charge in [-0.15, -0.1) is 12.4 Å². The molecule has 1 aromatic carbocycles. The first-order valence-electron chi connectivity index (χ1n) is 3.78. The van der Waals surface area contributed by atoms with Crippen molar-refractivity contribution in [3.05, 3.63) is 35.1 Å². The fraction of sp³-hybridized carbons (Fsp3) is 0.333. The standard InChI is InChI=1S/C9H10FN.ClH/c10-8-2-1-6-4-9(11)5-7(6)3-8;/h1-3,9H,4-5,11H2;1H/t9-;/m0./s1. The molecule has 0 heterocycles. The van der Waals surface area contributed by atoms with E-state index >= 15 is 0 Å². The molecule has 0 fully saturated rings. The molecule has 0 saturated carbocycles. The van der Waals surface area contributed by atoms with Crippen LogP contribution in [0.4, 0.5) is 4.39 Å². The highest BCUT2D eigenvalue weighted by atomic mass is 35.5. The van der Waals surface area contributed by atoms with Crippen molar-refractivity contribution in [2.45, 2.75) is 18.9 Å². The second-order valence-electron chi connectivity index (χ2n) is 3.08. The summed E-state index contributed by atoms with van der Waals surface area (Å²) >= 11 is 0. The van der Waals surface area contributed by atoms with Crippen LogP contribution >= 0.6 is 12.4 Å². The number of fused-ring (bicyclic) bond motifs is 1. The monoisotopic (exact) mass is 187 g/mol. The second kappa shape index (κ2) is 3.42. The molecule has 1 aromatic rings. The van der Waals surface area contributed by atoms with Crippen LogP contribution in [-0.4, -0.2) is 6.04 Å². The van der Waals surface area contributed by atoms with Crippen LogP contribution in [0.1, 0.15) is 11.1 Å². The first-order chi connectivity index (χ1) is 5.25. The summed E-state index contributed by atoms with van der Waals surface area (Å²) in [5.41, 5.74) is 8.00. The summed E-state index contributed by atoms with van der Waals surface area (Å²) in [6.45, 7) is 0. The Morgan fingerprint density at radius 3 is 2.67 bits per heavy atom. The van der Waals surface area contributed by atoms with Gasteiger partial charge < -0.3 is 5.73 Å². The summed E-state index contributed by atoms with van der Waals surface area (Å²) in [5.74, 6) is -0.155. The minimum Gasteiger partial charge on any atom is -0.327 e. The van der Waals surface area contributed by atoms with Gasteiger partial charge in [0, 0.05) is 6.04 Å². The van der Waals surface area contributed by atoms with Crippen molar-refractivity contribution in [1.82, 2.24) is 0 Å². The zero-order chi connectivity index (χ0) is 7.84. The number of hydrogen-bond donors (Lipinski definition) is 1. The van der Waals surface area contributed by atoms with Crippen molar-refractivity contribution < 1.29 is 4.39 Å². The molecule has 1 atom stereocenters. The van der Waals surface area contributed by atoms with Crippen LogP contribution in [0.15, 0.2) is 18.2 Å². The maximum Gasteiger partial charge on any atom is 0.123 e. The summed E-state index contributed by atoms with van der Waals surface area (Å²) in [7, 11) is 0. The minimum atomic E-state index is -0.155. The third-order valence-electron chi connectivity index (χ3n) is 2.13. The van der Waals surface area contributed by atoms with Gasteiger partial charge in [0.25, 0.3) is 0 Å². The topological polar surface area (TPSA) is 26.0 Å². The lowest BCUT2D eigenvalue weighted by Crippen LogP contribution is -2.18. The molecule has 1 aliphatic rings. The maximum atomic E-state index is 12.6. The van der Waals surface area contributed by atoms with Gasteiger partial charge in [0.15, 0.2) is 0 Å². The Balaban J connectivity index is 0.000000720. The van der Waals surface area contributed by atoms with Gasteiger partial charge in [-0.25, -0.2) is 4.39 Å². The number of rotatable bonds is 0. The molecule has 2 N–H and O–H groups in total. The van der Waals surface area contributed by atoms with E-state index in [0.717, 1.165) is 18.4 Å². The Hall–Kier alpha value is -0.600. The van der Waals surface area contributed by atoms with E-state index in [4.69, 9.17) is 5.73 Å². The molecule has 0 radical (unpaired) electrons. The molecule has 0 amide bonds. The van der Waals surface area contributed by atoms with E-state index in [1.54, 1.807) is 6.07 Å². The minimum absolute atomic E-state index is 0. The molecule has 0 saturated heterocycles. The summed E-state index contributed by atoms with van der Waals surface area (Å²) in [6, 6.07) is 5.11. The van der Waals surface area contributed by atoms with Crippen LogP contribution in [0.25, 0.3) is 0 Å².